The van der Waals surface area contributed by atoms with Crippen molar-refractivity contribution in [2.45, 2.75) is 43.7 Å². The van der Waals surface area contributed by atoms with Crippen molar-refractivity contribution in [1.82, 2.24) is 10.2 Å². The molecule has 0 aliphatic carbocycles. The topological polar surface area (TPSA) is 49.4 Å². The molecule has 0 aliphatic rings. The van der Waals surface area contributed by atoms with Crippen molar-refractivity contribution in [3.8, 4) is 0 Å². The molecule has 184 valence electrons. The summed E-state index contributed by atoms with van der Waals surface area (Å²) in [7, 11) is 0. The van der Waals surface area contributed by atoms with Gasteiger partial charge in [-0.2, -0.15) is 0 Å². The van der Waals surface area contributed by atoms with E-state index in [-0.39, 0.29) is 17.6 Å². The highest BCUT2D eigenvalue weighted by Crippen LogP contribution is 2.23. The van der Waals surface area contributed by atoms with E-state index in [9.17, 15) is 9.59 Å². The Kier molecular flexibility index (Phi) is 11.0. The minimum Gasteiger partial charge on any atom is -0.354 e. The molecule has 3 aromatic rings. The fourth-order valence-electron chi connectivity index (χ4n) is 3.61. The minimum atomic E-state index is -0.636. The highest BCUT2D eigenvalue weighted by atomic mass is 35.5. The van der Waals surface area contributed by atoms with Gasteiger partial charge in [0.2, 0.25) is 11.8 Å². The third kappa shape index (κ3) is 8.92. The minimum absolute atomic E-state index is 0.105. The average Bonchev–Trinajstić information content (AvgIpc) is 2.87. The number of hydrogen-bond donors (Lipinski definition) is 1. The van der Waals surface area contributed by atoms with Crippen LogP contribution in [0.5, 0.6) is 0 Å². The van der Waals surface area contributed by atoms with Crippen molar-refractivity contribution in [3.05, 3.63) is 100 Å². The van der Waals surface area contributed by atoms with E-state index in [0.29, 0.717) is 29.6 Å². The van der Waals surface area contributed by atoms with Gasteiger partial charge in [-0.25, -0.2) is 0 Å². The quantitative estimate of drug-likeness (QED) is 0.211. The van der Waals surface area contributed by atoms with E-state index in [1.165, 1.54) is 11.8 Å². The lowest BCUT2D eigenvalue weighted by molar-refractivity contribution is -0.139. The van der Waals surface area contributed by atoms with Gasteiger partial charge < -0.3 is 10.2 Å². The molecule has 0 radical (unpaired) electrons. The zero-order chi connectivity index (χ0) is 25.0. The second kappa shape index (κ2) is 14.2. The van der Waals surface area contributed by atoms with Crippen molar-refractivity contribution in [1.29, 1.82) is 0 Å². The molecule has 0 bridgehead atoms. The number of rotatable bonds is 12. The highest BCUT2D eigenvalue weighted by Gasteiger charge is 2.30. The number of halogens is 2. The summed E-state index contributed by atoms with van der Waals surface area (Å²) in [5, 5.41) is 4.32. The van der Waals surface area contributed by atoms with E-state index in [0.717, 1.165) is 28.9 Å². The number of nitrogens with one attached hydrogen (secondary N) is 1. The van der Waals surface area contributed by atoms with Crippen molar-refractivity contribution < 1.29 is 9.59 Å². The second-order valence-electron chi connectivity index (χ2n) is 8.24. The molecule has 0 fully saturated rings. The molecule has 7 heteroatoms. The van der Waals surface area contributed by atoms with Gasteiger partial charge in [-0.3, -0.25) is 9.59 Å². The molecule has 3 rings (SSSR count). The number of nitrogens with zero attached hydrogens (tertiary/aromatic N) is 1. The molecule has 4 nitrogen and oxygen atoms in total. The lowest BCUT2D eigenvalue weighted by atomic mass is 10.0. The first-order valence-corrected chi connectivity index (χ1v) is 13.4. The Bertz CT molecular complexity index is 1080. The number of carbonyl (C=O) groups is 2. The summed E-state index contributed by atoms with van der Waals surface area (Å²) in [4.78, 5) is 29.6. The average molecular weight is 530 g/mol. The number of hydrogen-bond acceptors (Lipinski definition) is 3. The summed E-state index contributed by atoms with van der Waals surface area (Å²) in [6.07, 6.45) is 2.31. The number of benzene rings is 3. The zero-order valence-electron chi connectivity index (χ0n) is 19.8. The van der Waals surface area contributed by atoms with Gasteiger partial charge >= 0.3 is 0 Å². The maximum atomic E-state index is 13.6. The predicted molar refractivity (Wildman–Crippen MR) is 146 cm³/mol. The number of carbonyl (C=O) groups excluding carboxylic acids is 2. The van der Waals surface area contributed by atoms with Gasteiger partial charge in [-0.15, -0.1) is 11.8 Å². The fraction of sp³-hybridized carbons (Fsp3) is 0.286. The highest BCUT2D eigenvalue weighted by molar-refractivity contribution is 8.00. The van der Waals surface area contributed by atoms with E-state index in [1.54, 1.807) is 29.2 Å². The Balaban J connectivity index is 1.86. The molecule has 3 aromatic carbocycles. The molecule has 0 heterocycles. The molecule has 0 aromatic heterocycles. The van der Waals surface area contributed by atoms with Gasteiger partial charge in [0.1, 0.15) is 6.04 Å². The van der Waals surface area contributed by atoms with Crippen molar-refractivity contribution in [2.24, 2.45) is 0 Å². The van der Waals surface area contributed by atoms with Crippen molar-refractivity contribution >= 4 is 46.8 Å². The van der Waals surface area contributed by atoms with E-state index in [2.05, 4.69) is 12.2 Å². The van der Waals surface area contributed by atoms with E-state index in [4.69, 9.17) is 23.2 Å². The third-order valence-electron chi connectivity index (χ3n) is 5.54. The summed E-state index contributed by atoms with van der Waals surface area (Å²) >= 11 is 13.5. The lowest BCUT2D eigenvalue weighted by Gasteiger charge is -2.31. The molecule has 1 N–H and O–H groups in total. The summed E-state index contributed by atoms with van der Waals surface area (Å²) < 4.78 is 0. The van der Waals surface area contributed by atoms with Gasteiger partial charge in [-0.05, 0) is 53.9 Å². The summed E-state index contributed by atoms with van der Waals surface area (Å²) in [5.74, 6) is -0.0319. The van der Waals surface area contributed by atoms with Gasteiger partial charge in [0.05, 0.1) is 5.75 Å². The van der Waals surface area contributed by atoms with Crippen LogP contribution in [0.1, 0.15) is 30.9 Å². The molecule has 0 aliphatic heterocycles. The Morgan fingerprint density at radius 2 is 1.51 bits per heavy atom. The molecule has 0 saturated carbocycles. The maximum Gasteiger partial charge on any atom is 0.243 e. The van der Waals surface area contributed by atoms with Crippen LogP contribution in [0.25, 0.3) is 0 Å². The third-order valence-corrected chi connectivity index (χ3v) is 7.04. The standard InChI is InChI=1S/C28H30Cl2N2O2S/c1-2-3-17-31-28(34)26(18-21-7-5-4-6-8-21)32(19-22-9-11-23(29)12-10-22)27(33)20-35-25-15-13-24(30)14-16-25/h4-16,26H,2-3,17-20H2,1H3,(H,31,34)/t26-/m0/s1. The predicted octanol–water partition coefficient (Wildman–Crippen LogP) is 6.64. The van der Waals surface area contributed by atoms with Crippen LogP contribution in [0.3, 0.4) is 0 Å². The second-order valence-corrected chi connectivity index (χ2v) is 10.2. The smallest absolute Gasteiger partial charge is 0.243 e. The van der Waals surface area contributed by atoms with Gasteiger partial charge in [0, 0.05) is 34.5 Å². The first-order chi connectivity index (χ1) is 17.0. The van der Waals surface area contributed by atoms with Gasteiger partial charge in [-0.1, -0.05) is 79.0 Å². The molecule has 0 spiro atoms. The molecular formula is C28H30Cl2N2O2S. The van der Waals surface area contributed by atoms with Crippen molar-refractivity contribution in [3.63, 3.8) is 0 Å². The van der Waals surface area contributed by atoms with Crippen LogP contribution in [0.4, 0.5) is 0 Å². The van der Waals surface area contributed by atoms with Crippen molar-refractivity contribution in [2.75, 3.05) is 12.3 Å². The van der Waals surface area contributed by atoms with E-state index < -0.39 is 6.04 Å². The van der Waals surface area contributed by atoms with E-state index >= 15 is 0 Å². The first kappa shape index (κ1) is 27.1. The Labute approximate surface area is 222 Å². The SMILES string of the molecule is CCCCNC(=O)[C@H](Cc1ccccc1)N(Cc1ccc(Cl)cc1)C(=O)CSc1ccc(Cl)cc1. The van der Waals surface area contributed by atoms with Crippen LogP contribution in [-0.2, 0) is 22.6 Å². The van der Waals surface area contributed by atoms with Crippen LogP contribution < -0.4 is 5.32 Å². The van der Waals surface area contributed by atoms with Crippen LogP contribution in [0.15, 0.2) is 83.8 Å². The zero-order valence-corrected chi connectivity index (χ0v) is 22.1. The Hall–Kier alpha value is -2.47. The summed E-state index contributed by atoms with van der Waals surface area (Å²) in [5.41, 5.74) is 1.92. The summed E-state index contributed by atoms with van der Waals surface area (Å²) in [6.45, 7) is 2.98. The first-order valence-electron chi connectivity index (χ1n) is 11.7. The molecular weight excluding hydrogens is 499 g/mol. The maximum absolute atomic E-state index is 13.6. The Morgan fingerprint density at radius 3 is 2.14 bits per heavy atom. The monoisotopic (exact) mass is 528 g/mol. The van der Waals surface area contributed by atoms with Crippen LogP contribution >= 0.6 is 35.0 Å². The van der Waals surface area contributed by atoms with Gasteiger partial charge in [0.25, 0.3) is 0 Å². The molecule has 0 unspecified atom stereocenters. The Morgan fingerprint density at radius 1 is 0.886 bits per heavy atom. The molecule has 2 amide bonds. The lowest BCUT2D eigenvalue weighted by Crippen LogP contribution is -2.51. The number of unbranched alkanes of at least 4 members (excludes halogenated alkanes) is 1. The number of thioether (sulfide) groups is 1. The van der Waals surface area contributed by atoms with Gasteiger partial charge in [0.15, 0.2) is 0 Å². The number of amides is 2. The molecule has 0 saturated heterocycles. The van der Waals surface area contributed by atoms with Crippen LogP contribution in [0, 0.1) is 0 Å². The van der Waals surface area contributed by atoms with Crippen LogP contribution in [0.2, 0.25) is 10.0 Å². The molecule has 35 heavy (non-hydrogen) atoms. The van der Waals surface area contributed by atoms with E-state index in [1.807, 2.05) is 54.6 Å². The molecule has 1 atom stereocenters. The summed E-state index contributed by atoms with van der Waals surface area (Å²) in [6, 6.07) is 24.0. The normalized spacial score (nSPS) is 11.6. The van der Waals surface area contributed by atoms with Crippen LogP contribution in [-0.4, -0.2) is 35.1 Å². The fourth-order valence-corrected chi connectivity index (χ4v) is 4.64. The largest absolute Gasteiger partial charge is 0.354 e.